The summed E-state index contributed by atoms with van der Waals surface area (Å²) in [5, 5.41) is 2.98. The summed E-state index contributed by atoms with van der Waals surface area (Å²) in [7, 11) is 3.12. The van der Waals surface area contributed by atoms with Crippen LogP contribution in [0.15, 0.2) is 118 Å². The number of anilines is 1. The number of ether oxygens (including phenoxy) is 4. The van der Waals surface area contributed by atoms with Gasteiger partial charge in [-0.15, -0.1) is 0 Å². The third-order valence-corrected chi connectivity index (χ3v) is 8.82. The number of aromatic nitrogens is 1. The van der Waals surface area contributed by atoms with E-state index >= 15 is 0 Å². The molecule has 4 aromatic carbocycles. The number of allylic oxidation sites excluding steroid dienone is 1. The smallest absolute Gasteiger partial charge is 0.271 e. The highest BCUT2D eigenvalue weighted by Crippen LogP contribution is 2.38. The first kappa shape index (κ1) is 32.3. The van der Waals surface area contributed by atoms with Gasteiger partial charge in [-0.25, -0.2) is 4.99 Å². The summed E-state index contributed by atoms with van der Waals surface area (Å²) in [6.07, 6.45) is 1.80. The number of benzene rings is 4. The van der Waals surface area contributed by atoms with Crippen LogP contribution < -0.4 is 39.2 Å². The number of carbonyl (C=O) groups excluding carboxylic acids is 1. The first-order valence-corrected chi connectivity index (χ1v) is 16.3. The lowest BCUT2D eigenvalue weighted by Crippen LogP contribution is -2.40. The molecule has 1 N–H and O–H groups in total. The van der Waals surface area contributed by atoms with Crippen molar-refractivity contribution >= 4 is 29.0 Å². The van der Waals surface area contributed by atoms with Crippen molar-refractivity contribution in [3.05, 3.63) is 145 Å². The fourth-order valence-electron chi connectivity index (χ4n) is 5.56. The Hall–Kier alpha value is -5.61. The van der Waals surface area contributed by atoms with Gasteiger partial charge in [-0.1, -0.05) is 65.9 Å². The molecular formula is C38H35N3O6S. The molecule has 0 fully saturated rings. The molecule has 0 spiro atoms. The molecule has 0 radical (unpaired) electrons. The number of rotatable bonds is 11. The predicted octanol–water partition coefficient (Wildman–Crippen LogP) is 5.87. The zero-order valence-electron chi connectivity index (χ0n) is 27.1. The molecule has 0 bridgehead atoms. The summed E-state index contributed by atoms with van der Waals surface area (Å²) < 4.78 is 25.2. The van der Waals surface area contributed by atoms with E-state index in [4.69, 9.17) is 23.9 Å². The number of nitrogens with one attached hydrogen (secondary N) is 1. The molecule has 6 rings (SSSR count). The van der Waals surface area contributed by atoms with E-state index < -0.39 is 6.04 Å². The monoisotopic (exact) mass is 661 g/mol. The molecule has 0 unspecified atom stereocenters. The number of thiazole rings is 1. The van der Waals surface area contributed by atoms with E-state index in [1.54, 1.807) is 56.1 Å². The molecule has 1 aliphatic rings. The molecule has 9 nitrogen and oxygen atoms in total. The second kappa shape index (κ2) is 14.4. The lowest BCUT2D eigenvalue weighted by molar-refractivity contribution is -0.113. The molecule has 244 valence electrons. The van der Waals surface area contributed by atoms with Crippen molar-refractivity contribution in [2.24, 2.45) is 4.99 Å². The predicted molar refractivity (Wildman–Crippen MR) is 187 cm³/mol. The Balaban J connectivity index is 1.43. The Morgan fingerprint density at radius 3 is 2.35 bits per heavy atom. The number of hydrogen-bond acceptors (Lipinski definition) is 8. The molecule has 2 heterocycles. The fraction of sp³-hybridized carbons (Fsp3) is 0.184. The van der Waals surface area contributed by atoms with Gasteiger partial charge in [-0.2, -0.15) is 0 Å². The fourth-order valence-corrected chi connectivity index (χ4v) is 6.61. The van der Waals surface area contributed by atoms with Crippen LogP contribution in [-0.2, 0) is 11.4 Å². The highest BCUT2D eigenvalue weighted by atomic mass is 32.1. The van der Waals surface area contributed by atoms with Gasteiger partial charge in [0.25, 0.3) is 11.5 Å². The molecule has 10 heteroatoms. The van der Waals surface area contributed by atoms with Crippen LogP contribution in [-0.4, -0.2) is 31.3 Å². The number of carbonyl (C=O) groups is 1. The molecule has 5 aromatic rings. The summed E-state index contributed by atoms with van der Waals surface area (Å²) in [6.45, 7) is 4.53. The summed E-state index contributed by atoms with van der Waals surface area (Å²) >= 11 is 1.25. The van der Waals surface area contributed by atoms with Crippen LogP contribution in [0.25, 0.3) is 6.08 Å². The van der Waals surface area contributed by atoms with Gasteiger partial charge in [0.15, 0.2) is 16.3 Å². The van der Waals surface area contributed by atoms with Gasteiger partial charge < -0.3 is 24.3 Å². The summed E-state index contributed by atoms with van der Waals surface area (Å²) in [4.78, 5) is 33.5. The maximum atomic E-state index is 14.3. The molecule has 1 atom stereocenters. The van der Waals surface area contributed by atoms with E-state index in [0.29, 0.717) is 68.1 Å². The standard InChI is InChI=1S/C38H35N3O6S/c1-5-46-32-20-26(16-19-30(32)47-23-25-12-8-6-9-13-25)21-33-37(43)41-35(29-18-17-28(44-3)22-31(29)45-4)34(24(2)39-38(41)48-33)36(42)40-27-14-10-7-11-15-27/h6-22,35H,5,23H2,1-4H3,(H,40,42)/b33-21-/t35-/m1/s1. The van der Waals surface area contributed by atoms with Crippen LogP contribution in [0.1, 0.15) is 36.6 Å². The Morgan fingerprint density at radius 1 is 0.896 bits per heavy atom. The van der Waals surface area contributed by atoms with Crippen molar-refractivity contribution in [3.63, 3.8) is 0 Å². The second-order valence-electron chi connectivity index (χ2n) is 10.9. The Morgan fingerprint density at radius 2 is 1.65 bits per heavy atom. The van der Waals surface area contributed by atoms with Gasteiger partial charge in [0, 0.05) is 17.3 Å². The average molecular weight is 662 g/mol. The number of nitrogens with zero attached hydrogens (tertiary/aromatic N) is 2. The minimum Gasteiger partial charge on any atom is -0.497 e. The van der Waals surface area contributed by atoms with Crippen molar-refractivity contribution in [3.8, 4) is 23.0 Å². The third-order valence-electron chi connectivity index (χ3n) is 7.84. The number of hydrogen-bond donors (Lipinski definition) is 1. The van der Waals surface area contributed by atoms with Crippen LogP contribution in [0.4, 0.5) is 5.69 Å². The van der Waals surface area contributed by atoms with Gasteiger partial charge in [-0.3, -0.25) is 14.2 Å². The average Bonchev–Trinajstić information content (AvgIpc) is 3.41. The van der Waals surface area contributed by atoms with Crippen LogP contribution in [0.5, 0.6) is 23.0 Å². The van der Waals surface area contributed by atoms with Gasteiger partial charge in [-0.05, 0) is 67.4 Å². The van der Waals surface area contributed by atoms with Gasteiger partial charge in [0.1, 0.15) is 24.1 Å². The molecule has 0 aliphatic carbocycles. The number of fused-ring (bicyclic) bond motifs is 1. The molecule has 0 saturated heterocycles. The highest BCUT2D eigenvalue weighted by Gasteiger charge is 2.34. The lowest BCUT2D eigenvalue weighted by Gasteiger charge is -2.26. The van der Waals surface area contributed by atoms with Crippen LogP contribution in [0.3, 0.4) is 0 Å². The third kappa shape index (κ3) is 6.74. The second-order valence-corrected chi connectivity index (χ2v) is 11.9. The minimum absolute atomic E-state index is 0.290. The summed E-state index contributed by atoms with van der Waals surface area (Å²) in [6, 6.07) is 29.2. The van der Waals surface area contributed by atoms with Crippen molar-refractivity contribution in [1.29, 1.82) is 0 Å². The van der Waals surface area contributed by atoms with Crippen LogP contribution in [0, 0.1) is 0 Å². The Kier molecular flexibility index (Phi) is 9.73. The quantitative estimate of drug-likeness (QED) is 0.190. The highest BCUT2D eigenvalue weighted by molar-refractivity contribution is 7.07. The summed E-state index contributed by atoms with van der Waals surface area (Å²) in [5.41, 5.74) is 3.59. The minimum atomic E-state index is -0.819. The molecule has 0 saturated carbocycles. The van der Waals surface area contributed by atoms with Crippen molar-refractivity contribution in [2.75, 3.05) is 26.1 Å². The van der Waals surface area contributed by atoms with E-state index in [1.165, 1.54) is 11.3 Å². The number of methoxy groups -OCH3 is 2. The summed E-state index contributed by atoms with van der Waals surface area (Å²) in [5.74, 6) is 1.87. The molecule has 1 aliphatic heterocycles. The number of amides is 1. The number of para-hydroxylation sites is 1. The zero-order valence-corrected chi connectivity index (χ0v) is 27.9. The lowest BCUT2D eigenvalue weighted by atomic mass is 9.94. The first-order chi connectivity index (χ1) is 23.4. The molecule has 48 heavy (non-hydrogen) atoms. The first-order valence-electron chi connectivity index (χ1n) is 15.4. The SMILES string of the molecule is CCOc1cc(/C=c2\sc3n(c2=O)[C@H](c2ccc(OC)cc2OC)C(C(=O)Nc2ccccc2)=C(C)N=3)ccc1OCc1ccccc1. The van der Waals surface area contributed by atoms with E-state index in [2.05, 4.69) is 5.32 Å². The van der Waals surface area contributed by atoms with E-state index in [-0.39, 0.29) is 11.5 Å². The Labute approximate surface area is 282 Å². The van der Waals surface area contributed by atoms with E-state index in [1.807, 2.05) is 79.7 Å². The van der Waals surface area contributed by atoms with Crippen molar-refractivity contribution in [2.45, 2.75) is 26.5 Å². The van der Waals surface area contributed by atoms with E-state index in [0.717, 1.165) is 11.1 Å². The molecular weight excluding hydrogens is 627 g/mol. The Bertz CT molecular complexity index is 2160. The maximum Gasteiger partial charge on any atom is 0.271 e. The molecule has 1 aromatic heterocycles. The largest absolute Gasteiger partial charge is 0.497 e. The molecule has 1 amide bonds. The van der Waals surface area contributed by atoms with E-state index in [9.17, 15) is 9.59 Å². The van der Waals surface area contributed by atoms with Crippen LogP contribution >= 0.6 is 11.3 Å². The maximum absolute atomic E-state index is 14.3. The van der Waals surface area contributed by atoms with Crippen molar-refractivity contribution < 1.29 is 23.7 Å². The van der Waals surface area contributed by atoms with Crippen molar-refractivity contribution in [1.82, 2.24) is 4.57 Å². The van der Waals surface area contributed by atoms with Gasteiger partial charge >= 0.3 is 0 Å². The normalized spacial score (nSPS) is 14.2. The zero-order chi connectivity index (χ0) is 33.6. The topological polar surface area (TPSA) is 100 Å². The van der Waals surface area contributed by atoms with Gasteiger partial charge in [0.05, 0.1) is 36.6 Å². The van der Waals surface area contributed by atoms with Crippen LogP contribution in [0.2, 0.25) is 0 Å². The van der Waals surface area contributed by atoms with Gasteiger partial charge in [0.2, 0.25) is 0 Å².